The molecule has 0 saturated heterocycles. The zero-order chi connectivity index (χ0) is 11.4. The van der Waals surface area contributed by atoms with Gasteiger partial charge in [-0.1, -0.05) is 6.92 Å². The predicted molar refractivity (Wildman–Crippen MR) is 57.8 cm³/mol. The fraction of sp³-hybridized carbons (Fsp3) is 0.600. The average molecular weight is 211 g/mol. The monoisotopic (exact) mass is 211 g/mol. The van der Waals surface area contributed by atoms with Gasteiger partial charge in [0.1, 0.15) is 0 Å². The summed E-state index contributed by atoms with van der Waals surface area (Å²) < 4.78 is 6.65. The van der Waals surface area contributed by atoms with Crippen LogP contribution in [-0.2, 0) is 18.2 Å². The minimum atomic E-state index is -0.437. The summed E-state index contributed by atoms with van der Waals surface area (Å²) in [5.41, 5.74) is 1.57. The van der Waals surface area contributed by atoms with E-state index in [2.05, 4.69) is 10.4 Å². The van der Waals surface area contributed by atoms with E-state index in [-0.39, 0.29) is 6.10 Å². The van der Waals surface area contributed by atoms with Crippen LogP contribution >= 0.6 is 0 Å². The van der Waals surface area contributed by atoms with Gasteiger partial charge in [-0.15, -0.1) is 0 Å². The zero-order valence-corrected chi connectivity index (χ0v) is 9.57. The number of amides is 1. The van der Waals surface area contributed by atoms with E-state index in [9.17, 15) is 4.79 Å². The zero-order valence-electron chi connectivity index (χ0n) is 9.57. The second-order valence-electron chi connectivity index (χ2n) is 3.60. The molecule has 0 aliphatic heterocycles. The van der Waals surface area contributed by atoms with Crippen LogP contribution in [0.25, 0.3) is 0 Å². The van der Waals surface area contributed by atoms with Gasteiger partial charge in [0, 0.05) is 13.2 Å². The third-order valence-electron chi connectivity index (χ3n) is 1.82. The standard InChI is InChI=1S/C10H17N3O2/c1-5-8-9(6-13(4)12-8)11-10(14)15-7(2)3/h6-7H,5H2,1-4H3,(H,11,14). The largest absolute Gasteiger partial charge is 0.447 e. The summed E-state index contributed by atoms with van der Waals surface area (Å²) in [6.45, 7) is 5.61. The molecule has 84 valence electrons. The Labute approximate surface area is 89.4 Å². The molecule has 0 unspecified atom stereocenters. The molecule has 5 nitrogen and oxygen atoms in total. The number of nitrogens with zero attached hydrogens (tertiary/aromatic N) is 2. The fourth-order valence-electron chi connectivity index (χ4n) is 1.25. The molecule has 5 heteroatoms. The summed E-state index contributed by atoms with van der Waals surface area (Å²) in [4.78, 5) is 11.3. The molecule has 0 spiro atoms. The summed E-state index contributed by atoms with van der Waals surface area (Å²) >= 11 is 0. The van der Waals surface area contributed by atoms with Gasteiger partial charge in [0.05, 0.1) is 17.5 Å². The van der Waals surface area contributed by atoms with E-state index >= 15 is 0 Å². The molecule has 1 aromatic heterocycles. The Hall–Kier alpha value is -1.52. The van der Waals surface area contributed by atoms with Crippen molar-refractivity contribution in [3.8, 4) is 0 Å². The molecule has 1 aromatic rings. The molecule has 15 heavy (non-hydrogen) atoms. The fourth-order valence-corrected chi connectivity index (χ4v) is 1.25. The molecule has 1 N–H and O–H groups in total. The number of carbonyl (C=O) groups excluding carboxylic acids is 1. The quantitative estimate of drug-likeness (QED) is 0.831. The topological polar surface area (TPSA) is 56.2 Å². The van der Waals surface area contributed by atoms with Gasteiger partial charge in [-0.25, -0.2) is 4.79 Å². The van der Waals surface area contributed by atoms with Crippen molar-refractivity contribution in [2.24, 2.45) is 7.05 Å². The maximum atomic E-state index is 11.3. The molecule has 0 saturated carbocycles. The van der Waals surface area contributed by atoms with Gasteiger partial charge < -0.3 is 4.74 Å². The van der Waals surface area contributed by atoms with Crippen molar-refractivity contribution in [2.75, 3.05) is 5.32 Å². The lowest BCUT2D eigenvalue weighted by Gasteiger charge is -2.08. The molecular formula is C10H17N3O2. The van der Waals surface area contributed by atoms with Gasteiger partial charge in [-0.2, -0.15) is 5.10 Å². The Morgan fingerprint density at radius 3 is 2.87 bits per heavy atom. The first-order chi connectivity index (χ1) is 7.02. The van der Waals surface area contributed by atoms with E-state index in [1.54, 1.807) is 10.9 Å². The number of hydrogen-bond acceptors (Lipinski definition) is 3. The molecule has 0 aliphatic rings. The number of anilines is 1. The van der Waals surface area contributed by atoms with Gasteiger partial charge in [0.2, 0.25) is 0 Å². The van der Waals surface area contributed by atoms with E-state index in [4.69, 9.17) is 4.74 Å². The third-order valence-corrected chi connectivity index (χ3v) is 1.82. The Morgan fingerprint density at radius 2 is 2.33 bits per heavy atom. The van der Waals surface area contributed by atoms with Gasteiger partial charge in [0.25, 0.3) is 0 Å². The molecule has 0 aliphatic carbocycles. The highest BCUT2D eigenvalue weighted by molar-refractivity contribution is 5.85. The first kappa shape index (κ1) is 11.6. The van der Waals surface area contributed by atoms with Crippen LogP contribution in [0.15, 0.2) is 6.20 Å². The van der Waals surface area contributed by atoms with Crippen molar-refractivity contribution < 1.29 is 9.53 Å². The number of nitrogens with one attached hydrogen (secondary N) is 1. The van der Waals surface area contributed by atoms with E-state index in [0.29, 0.717) is 5.69 Å². The van der Waals surface area contributed by atoms with Crippen LogP contribution in [0.2, 0.25) is 0 Å². The first-order valence-corrected chi connectivity index (χ1v) is 5.03. The third kappa shape index (κ3) is 3.27. The first-order valence-electron chi connectivity index (χ1n) is 5.03. The molecule has 1 rings (SSSR count). The number of carbonyl (C=O) groups is 1. The van der Waals surface area contributed by atoms with Crippen LogP contribution in [-0.4, -0.2) is 22.0 Å². The van der Waals surface area contributed by atoms with Crippen molar-refractivity contribution in [1.82, 2.24) is 9.78 Å². The van der Waals surface area contributed by atoms with Crippen molar-refractivity contribution >= 4 is 11.8 Å². The number of aromatic nitrogens is 2. The molecule has 1 amide bonds. The highest BCUT2D eigenvalue weighted by Gasteiger charge is 2.10. The maximum absolute atomic E-state index is 11.3. The van der Waals surface area contributed by atoms with E-state index in [0.717, 1.165) is 12.1 Å². The van der Waals surface area contributed by atoms with Crippen molar-refractivity contribution in [2.45, 2.75) is 33.3 Å². The van der Waals surface area contributed by atoms with E-state index in [1.165, 1.54) is 0 Å². The van der Waals surface area contributed by atoms with Crippen LogP contribution in [0, 0.1) is 0 Å². The highest BCUT2D eigenvalue weighted by Crippen LogP contribution is 2.13. The molecule has 0 atom stereocenters. The van der Waals surface area contributed by atoms with Gasteiger partial charge in [0.15, 0.2) is 0 Å². The SMILES string of the molecule is CCc1nn(C)cc1NC(=O)OC(C)C. The Kier molecular flexibility index (Phi) is 3.71. The van der Waals surface area contributed by atoms with Crippen molar-refractivity contribution in [3.63, 3.8) is 0 Å². The molecular weight excluding hydrogens is 194 g/mol. The number of aryl methyl sites for hydroxylation is 2. The van der Waals surface area contributed by atoms with Gasteiger partial charge in [-0.3, -0.25) is 10.00 Å². The van der Waals surface area contributed by atoms with Crippen LogP contribution < -0.4 is 5.32 Å². The second-order valence-corrected chi connectivity index (χ2v) is 3.60. The van der Waals surface area contributed by atoms with E-state index < -0.39 is 6.09 Å². The minimum Gasteiger partial charge on any atom is -0.447 e. The van der Waals surface area contributed by atoms with Gasteiger partial charge in [-0.05, 0) is 20.3 Å². The van der Waals surface area contributed by atoms with Gasteiger partial charge >= 0.3 is 6.09 Å². The average Bonchev–Trinajstić information content (AvgIpc) is 2.44. The summed E-state index contributed by atoms with van der Waals surface area (Å²) in [7, 11) is 1.82. The van der Waals surface area contributed by atoms with Crippen molar-refractivity contribution in [1.29, 1.82) is 0 Å². The Balaban J connectivity index is 2.67. The Morgan fingerprint density at radius 1 is 1.67 bits per heavy atom. The normalized spacial score (nSPS) is 10.5. The van der Waals surface area contributed by atoms with Crippen LogP contribution in [0.3, 0.4) is 0 Å². The summed E-state index contributed by atoms with van der Waals surface area (Å²) in [5.74, 6) is 0. The van der Waals surface area contributed by atoms with Crippen molar-refractivity contribution in [3.05, 3.63) is 11.9 Å². The Bertz CT molecular complexity index is 344. The molecule has 1 heterocycles. The lowest BCUT2D eigenvalue weighted by molar-refractivity contribution is 0.130. The highest BCUT2D eigenvalue weighted by atomic mass is 16.6. The number of hydrogen-bond donors (Lipinski definition) is 1. The van der Waals surface area contributed by atoms with Crippen LogP contribution in [0.4, 0.5) is 10.5 Å². The second kappa shape index (κ2) is 4.82. The molecule has 0 aromatic carbocycles. The molecule has 0 radical (unpaired) electrons. The molecule has 0 fully saturated rings. The lowest BCUT2D eigenvalue weighted by Crippen LogP contribution is -2.18. The number of ether oxygens (including phenoxy) is 1. The maximum Gasteiger partial charge on any atom is 0.411 e. The summed E-state index contributed by atoms with van der Waals surface area (Å²) in [6.07, 6.45) is 1.98. The number of rotatable bonds is 3. The minimum absolute atomic E-state index is 0.119. The van der Waals surface area contributed by atoms with E-state index in [1.807, 2.05) is 27.8 Å². The smallest absolute Gasteiger partial charge is 0.411 e. The molecule has 0 bridgehead atoms. The van der Waals surface area contributed by atoms with Crippen LogP contribution in [0.1, 0.15) is 26.5 Å². The predicted octanol–water partition coefficient (Wildman–Crippen LogP) is 1.94. The lowest BCUT2D eigenvalue weighted by atomic mass is 10.3. The summed E-state index contributed by atoms with van der Waals surface area (Å²) in [5, 5.41) is 6.88. The van der Waals surface area contributed by atoms with Crippen LogP contribution in [0.5, 0.6) is 0 Å². The summed E-state index contributed by atoms with van der Waals surface area (Å²) in [6, 6.07) is 0.